The lowest BCUT2D eigenvalue weighted by atomic mass is 9.96. The Balaban J connectivity index is 1.76. The molecule has 3 aromatic carbocycles. The fourth-order valence-electron chi connectivity index (χ4n) is 3.91. The fraction of sp³-hybridized carbons (Fsp3) is 0.192. The van der Waals surface area contributed by atoms with Crippen molar-refractivity contribution in [3.05, 3.63) is 102 Å². The molecule has 0 spiro atoms. The van der Waals surface area contributed by atoms with Crippen molar-refractivity contribution in [2.45, 2.75) is 18.5 Å². The number of hydrogen-bond donors (Lipinski definition) is 2. The number of carbonyl (C=O) groups is 1. The van der Waals surface area contributed by atoms with Crippen LogP contribution in [0, 0.1) is 0 Å². The first-order valence-electron chi connectivity index (χ1n) is 10.3. The smallest absolute Gasteiger partial charge is 0.327 e. The van der Waals surface area contributed by atoms with Crippen LogP contribution >= 0.6 is 0 Å². The highest BCUT2D eigenvalue weighted by atomic mass is 16.5. The minimum absolute atomic E-state index is 0.132. The van der Waals surface area contributed by atoms with Gasteiger partial charge in [-0.1, -0.05) is 60.7 Å². The van der Waals surface area contributed by atoms with Crippen LogP contribution in [-0.2, 0) is 16.0 Å². The minimum Gasteiger partial charge on any atom is -0.497 e. The van der Waals surface area contributed by atoms with Crippen LogP contribution in [0.25, 0.3) is 10.9 Å². The van der Waals surface area contributed by atoms with Gasteiger partial charge in [0.05, 0.1) is 14.2 Å². The summed E-state index contributed by atoms with van der Waals surface area (Å²) in [6, 6.07) is 25.2. The second-order valence-corrected chi connectivity index (χ2v) is 7.43. The number of methoxy groups -OCH3 is 2. The van der Waals surface area contributed by atoms with Crippen LogP contribution in [0.4, 0.5) is 0 Å². The van der Waals surface area contributed by atoms with Crippen LogP contribution in [-0.4, -0.2) is 25.2 Å². The lowest BCUT2D eigenvalue weighted by Gasteiger charge is -2.25. The predicted molar refractivity (Wildman–Crippen MR) is 122 cm³/mol. The number of nitrogens with one attached hydrogen (secondary N) is 2. The number of carbonyl (C=O) groups excluding carboxylic acids is 1. The molecular formula is C26H26N2O3. The molecule has 0 saturated heterocycles. The van der Waals surface area contributed by atoms with Gasteiger partial charge in [0.25, 0.3) is 0 Å². The maximum atomic E-state index is 12.7. The van der Waals surface area contributed by atoms with Gasteiger partial charge in [-0.15, -0.1) is 0 Å². The Bertz CT molecular complexity index is 1140. The third kappa shape index (κ3) is 4.62. The van der Waals surface area contributed by atoms with Crippen LogP contribution in [0.2, 0.25) is 0 Å². The maximum absolute atomic E-state index is 12.7. The van der Waals surface area contributed by atoms with E-state index in [1.54, 1.807) is 7.11 Å². The highest BCUT2D eigenvalue weighted by Gasteiger charge is 2.27. The van der Waals surface area contributed by atoms with Crippen molar-refractivity contribution in [2.24, 2.45) is 0 Å². The van der Waals surface area contributed by atoms with E-state index in [-0.39, 0.29) is 12.0 Å². The van der Waals surface area contributed by atoms with Crippen molar-refractivity contribution >= 4 is 16.9 Å². The third-order valence-corrected chi connectivity index (χ3v) is 5.52. The molecule has 1 heterocycles. The number of aromatic nitrogens is 1. The molecule has 158 valence electrons. The molecule has 0 fully saturated rings. The standard InChI is InChI=1S/C26H26N2O3/c1-30-20-13-14-23-21(16-20)22(17-27-23)24(15-18-9-5-3-6-10-18)28-25(26(29)31-2)19-11-7-4-8-12-19/h3-14,16-17,24-25,27-28H,15H2,1-2H3/t24?,25-/m0/s1. The predicted octanol–water partition coefficient (Wildman–Crippen LogP) is 4.96. The summed E-state index contributed by atoms with van der Waals surface area (Å²) in [5.74, 6) is 0.473. The molecule has 4 rings (SSSR count). The lowest BCUT2D eigenvalue weighted by Crippen LogP contribution is -2.34. The zero-order chi connectivity index (χ0) is 21.6. The van der Waals surface area contributed by atoms with Gasteiger partial charge in [-0.05, 0) is 41.3 Å². The van der Waals surface area contributed by atoms with E-state index in [1.807, 2.05) is 72.9 Å². The van der Waals surface area contributed by atoms with Crippen molar-refractivity contribution in [3.8, 4) is 5.75 Å². The first-order valence-corrected chi connectivity index (χ1v) is 10.3. The zero-order valence-corrected chi connectivity index (χ0v) is 17.7. The summed E-state index contributed by atoms with van der Waals surface area (Å²) in [6.45, 7) is 0. The van der Waals surface area contributed by atoms with E-state index in [0.717, 1.165) is 27.8 Å². The van der Waals surface area contributed by atoms with Crippen molar-refractivity contribution in [3.63, 3.8) is 0 Å². The molecule has 5 heteroatoms. The molecule has 0 radical (unpaired) electrons. The van der Waals surface area contributed by atoms with Crippen molar-refractivity contribution < 1.29 is 14.3 Å². The number of fused-ring (bicyclic) bond motifs is 1. The second-order valence-electron chi connectivity index (χ2n) is 7.43. The van der Waals surface area contributed by atoms with Crippen LogP contribution in [0.3, 0.4) is 0 Å². The molecule has 0 aliphatic heterocycles. The number of H-pyrrole nitrogens is 1. The Morgan fingerprint density at radius 1 is 0.968 bits per heavy atom. The van der Waals surface area contributed by atoms with Gasteiger partial charge >= 0.3 is 5.97 Å². The topological polar surface area (TPSA) is 63.3 Å². The van der Waals surface area contributed by atoms with Gasteiger partial charge in [0.2, 0.25) is 0 Å². The molecule has 31 heavy (non-hydrogen) atoms. The molecule has 2 N–H and O–H groups in total. The Morgan fingerprint density at radius 3 is 2.35 bits per heavy atom. The van der Waals surface area contributed by atoms with Gasteiger partial charge in [-0.3, -0.25) is 5.32 Å². The molecular weight excluding hydrogens is 388 g/mol. The van der Waals surface area contributed by atoms with E-state index < -0.39 is 6.04 Å². The van der Waals surface area contributed by atoms with E-state index in [1.165, 1.54) is 12.7 Å². The Labute approximate surface area is 182 Å². The Kier molecular flexibility index (Phi) is 6.34. The molecule has 1 aromatic heterocycles. The lowest BCUT2D eigenvalue weighted by molar-refractivity contribution is -0.143. The van der Waals surface area contributed by atoms with Gasteiger partial charge in [-0.2, -0.15) is 0 Å². The monoisotopic (exact) mass is 414 g/mol. The fourth-order valence-corrected chi connectivity index (χ4v) is 3.91. The van der Waals surface area contributed by atoms with Gasteiger partial charge in [0.15, 0.2) is 0 Å². The van der Waals surface area contributed by atoms with E-state index in [9.17, 15) is 4.79 Å². The quantitative estimate of drug-likeness (QED) is 0.400. The number of ether oxygens (including phenoxy) is 2. The van der Waals surface area contributed by atoms with E-state index >= 15 is 0 Å². The summed E-state index contributed by atoms with van der Waals surface area (Å²) >= 11 is 0. The summed E-state index contributed by atoms with van der Waals surface area (Å²) < 4.78 is 10.6. The normalized spacial score (nSPS) is 13.0. The largest absolute Gasteiger partial charge is 0.497 e. The summed E-state index contributed by atoms with van der Waals surface area (Å²) in [5.41, 5.74) is 4.13. The Hall–Kier alpha value is -3.57. The van der Waals surface area contributed by atoms with Crippen LogP contribution < -0.4 is 10.1 Å². The van der Waals surface area contributed by atoms with Gasteiger partial charge < -0.3 is 14.5 Å². The maximum Gasteiger partial charge on any atom is 0.327 e. The average molecular weight is 415 g/mol. The first-order chi connectivity index (χ1) is 15.2. The molecule has 0 saturated carbocycles. The average Bonchev–Trinajstić information content (AvgIpc) is 3.25. The zero-order valence-electron chi connectivity index (χ0n) is 17.7. The highest BCUT2D eigenvalue weighted by molar-refractivity contribution is 5.85. The molecule has 0 aliphatic rings. The first kappa shape index (κ1) is 20.7. The molecule has 5 nitrogen and oxygen atoms in total. The van der Waals surface area contributed by atoms with Crippen molar-refractivity contribution in [1.82, 2.24) is 10.3 Å². The second kappa shape index (κ2) is 9.49. The van der Waals surface area contributed by atoms with E-state index in [2.05, 4.69) is 22.4 Å². The van der Waals surface area contributed by atoms with Gasteiger partial charge in [0, 0.05) is 23.1 Å². The summed E-state index contributed by atoms with van der Waals surface area (Å²) in [6.07, 6.45) is 2.72. The molecule has 1 unspecified atom stereocenters. The molecule has 0 bridgehead atoms. The van der Waals surface area contributed by atoms with Crippen LogP contribution in [0.15, 0.2) is 85.1 Å². The highest BCUT2D eigenvalue weighted by Crippen LogP contribution is 2.31. The number of aromatic amines is 1. The van der Waals surface area contributed by atoms with Gasteiger partial charge in [0.1, 0.15) is 11.8 Å². The Morgan fingerprint density at radius 2 is 1.68 bits per heavy atom. The summed E-state index contributed by atoms with van der Waals surface area (Å²) in [4.78, 5) is 16.1. The third-order valence-electron chi connectivity index (χ3n) is 5.52. The minimum atomic E-state index is -0.588. The number of hydrogen-bond acceptors (Lipinski definition) is 4. The number of rotatable bonds is 8. The van der Waals surface area contributed by atoms with Crippen molar-refractivity contribution in [2.75, 3.05) is 14.2 Å². The van der Waals surface area contributed by atoms with Gasteiger partial charge in [-0.25, -0.2) is 4.79 Å². The van der Waals surface area contributed by atoms with Crippen LogP contribution in [0.5, 0.6) is 5.75 Å². The number of esters is 1. The molecule has 0 aliphatic carbocycles. The number of benzene rings is 3. The van der Waals surface area contributed by atoms with Crippen molar-refractivity contribution in [1.29, 1.82) is 0 Å². The molecule has 4 aromatic rings. The van der Waals surface area contributed by atoms with E-state index in [0.29, 0.717) is 6.42 Å². The molecule has 2 atom stereocenters. The molecule has 0 amide bonds. The van der Waals surface area contributed by atoms with E-state index in [4.69, 9.17) is 9.47 Å². The summed E-state index contributed by atoms with van der Waals surface area (Å²) in [7, 11) is 3.08. The van der Waals surface area contributed by atoms with Crippen LogP contribution in [0.1, 0.15) is 28.8 Å². The SMILES string of the molecule is COC(=O)[C@@H](NC(Cc1ccccc1)c1c[nH]c2ccc(OC)cc12)c1ccccc1. The summed E-state index contributed by atoms with van der Waals surface area (Å²) in [5, 5.41) is 4.63.